The summed E-state index contributed by atoms with van der Waals surface area (Å²) in [5.41, 5.74) is 2.05. The van der Waals surface area contributed by atoms with Gasteiger partial charge >= 0.3 is 0 Å². The van der Waals surface area contributed by atoms with Crippen LogP contribution in [0.25, 0.3) is 10.9 Å². The van der Waals surface area contributed by atoms with Gasteiger partial charge in [0.1, 0.15) is 0 Å². The third-order valence-corrected chi connectivity index (χ3v) is 6.17. The minimum absolute atomic E-state index is 0.0485. The van der Waals surface area contributed by atoms with Crippen molar-refractivity contribution in [2.45, 2.75) is 43.8 Å². The maximum Gasteiger partial charge on any atom is 0.247 e. The average Bonchev–Trinajstić information content (AvgIpc) is 3.24. The molecule has 1 fully saturated rings. The van der Waals surface area contributed by atoms with Crippen LogP contribution >= 0.6 is 11.8 Å². The van der Waals surface area contributed by atoms with Gasteiger partial charge in [0.15, 0.2) is 0 Å². The van der Waals surface area contributed by atoms with Crippen LogP contribution in [0.3, 0.4) is 0 Å². The number of thioether (sulfide) groups is 1. The second-order valence-corrected chi connectivity index (χ2v) is 10.2. The van der Waals surface area contributed by atoms with Crippen molar-refractivity contribution in [3.05, 3.63) is 54.7 Å². The van der Waals surface area contributed by atoms with Crippen molar-refractivity contribution in [3.8, 4) is 0 Å². The Labute approximate surface area is 185 Å². The number of imide groups is 1. The number of aromatic amines is 1. The molecule has 3 aromatic rings. The second-order valence-electron chi connectivity index (χ2n) is 8.94. The number of carbonyl (C=O) groups is 3. The Morgan fingerprint density at radius 1 is 1.16 bits per heavy atom. The highest BCUT2D eigenvalue weighted by atomic mass is 32.2. The molecule has 1 aliphatic heterocycles. The van der Waals surface area contributed by atoms with Gasteiger partial charge in [0.05, 0.1) is 10.9 Å². The zero-order valence-corrected chi connectivity index (χ0v) is 18.6. The number of nitrogens with one attached hydrogen (secondary N) is 2. The molecule has 2 N–H and O–H groups in total. The van der Waals surface area contributed by atoms with Crippen LogP contribution < -0.4 is 10.2 Å². The van der Waals surface area contributed by atoms with E-state index in [1.807, 2.05) is 69.4 Å². The van der Waals surface area contributed by atoms with Crippen LogP contribution in [0.5, 0.6) is 0 Å². The molecule has 1 atom stereocenters. The third kappa shape index (κ3) is 4.82. The van der Waals surface area contributed by atoms with E-state index in [-0.39, 0.29) is 29.6 Å². The van der Waals surface area contributed by atoms with E-state index in [4.69, 9.17) is 0 Å². The first kappa shape index (κ1) is 21.2. The van der Waals surface area contributed by atoms with Crippen molar-refractivity contribution in [1.82, 2.24) is 4.98 Å². The highest BCUT2D eigenvalue weighted by Gasteiger charge is 2.40. The minimum Gasteiger partial charge on any atom is -0.361 e. The molecule has 2 heterocycles. The molecule has 1 saturated heterocycles. The van der Waals surface area contributed by atoms with Gasteiger partial charge in [0.2, 0.25) is 17.7 Å². The maximum atomic E-state index is 13.0. The summed E-state index contributed by atoms with van der Waals surface area (Å²) in [5.74, 6) is -0.473. The van der Waals surface area contributed by atoms with Crippen molar-refractivity contribution in [2.24, 2.45) is 5.41 Å². The van der Waals surface area contributed by atoms with Crippen molar-refractivity contribution >= 4 is 51.8 Å². The van der Waals surface area contributed by atoms with E-state index in [0.717, 1.165) is 15.8 Å². The Hall–Kier alpha value is -3.06. The molecule has 4 rings (SSSR count). The van der Waals surface area contributed by atoms with E-state index in [0.29, 0.717) is 17.8 Å². The van der Waals surface area contributed by atoms with Gasteiger partial charge in [-0.05, 0) is 47.2 Å². The normalized spacial score (nSPS) is 16.9. The highest BCUT2D eigenvalue weighted by Crippen LogP contribution is 2.35. The monoisotopic (exact) mass is 435 g/mol. The Morgan fingerprint density at radius 3 is 2.74 bits per heavy atom. The lowest BCUT2D eigenvalue weighted by Gasteiger charge is -2.17. The average molecular weight is 436 g/mol. The number of amides is 3. The standard InChI is InChI=1S/C24H25N3O3S/c1-24(2,3)14-21(28)26-16-5-4-6-18(11-16)31-20-13-22(29)27(23(20)30)17-8-7-15-9-10-25-19(15)12-17/h4-12,20,25H,13-14H2,1-3H3,(H,26,28). The fourth-order valence-corrected chi connectivity index (χ4v) is 4.75. The third-order valence-electron chi connectivity index (χ3n) is 4.99. The largest absolute Gasteiger partial charge is 0.361 e. The SMILES string of the molecule is CC(C)(C)CC(=O)Nc1cccc(SC2CC(=O)N(c3ccc4cc[nH]c4c3)C2=O)c1. The summed E-state index contributed by atoms with van der Waals surface area (Å²) >= 11 is 1.35. The number of nitrogens with zero attached hydrogens (tertiary/aromatic N) is 1. The van der Waals surface area contributed by atoms with E-state index >= 15 is 0 Å². The zero-order chi connectivity index (χ0) is 22.2. The molecule has 0 spiro atoms. The fourth-order valence-electron chi connectivity index (χ4n) is 3.64. The summed E-state index contributed by atoms with van der Waals surface area (Å²) < 4.78 is 0. The van der Waals surface area contributed by atoms with Crippen LogP contribution in [0.4, 0.5) is 11.4 Å². The van der Waals surface area contributed by atoms with Gasteiger partial charge in [-0.3, -0.25) is 14.4 Å². The summed E-state index contributed by atoms with van der Waals surface area (Å²) in [4.78, 5) is 43.1. The lowest BCUT2D eigenvalue weighted by atomic mass is 9.92. The summed E-state index contributed by atoms with van der Waals surface area (Å²) in [6, 6.07) is 14.8. The van der Waals surface area contributed by atoms with Crippen molar-refractivity contribution in [1.29, 1.82) is 0 Å². The van der Waals surface area contributed by atoms with Gasteiger partial charge in [-0.25, -0.2) is 4.90 Å². The van der Waals surface area contributed by atoms with Crippen molar-refractivity contribution in [2.75, 3.05) is 10.2 Å². The predicted molar refractivity (Wildman–Crippen MR) is 124 cm³/mol. The highest BCUT2D eigenvalue weighted by molar-refractivity contribution is 8.00. The van der Waals surface area contributed by atoms with Gasteiger partial charge in [-0.1, -0.05) is 32.9 Å². The van der Waals surface area contributed by atoms with Gasteiger partial charge in [0, 0.05) is 35.1 Å². The Balaban J connectivity index is 1.47. The topological polar surface area (TPSA) is 82.3 Å². The summed E-state index contributed by atoms with van der Waals surface area (Å²) in [7, 11) is 0. The quantitative estimate of drug-likeness (QED) is 0.555. The van der Waals surface area contributed by atoms with Crippen molar-refractivity contribution < 1.29 is 14.4 Å². The van der Waals surface area contributed by atoms with Crippen LogP contribution in [0.1, 0.15) is 33.6 Å². The molecule has 0 radical (unpaired) electrons. The predicted octanol–water partition coefficient (Wildman–Crippen LogP) is 4.97. The molecule has 7 heteroatoms. The zero-order valence-electron chi connectivity index (χ0n) is 17.8. The van der Waals surface area contributed by atoms with Crippen LogP contribution in [0.2, 0.25) is 0 Å². The molecule has 160 valence electrons. The molecule has 1 aliphatic rings. The molecular formula is C24H25N3O3S. The summed E-state index contributed by atoms with van der Waals surface area (Å²) in [6.07, 6.45) is 2.39. The number of carbonyl (C=O) groups excluding carboxylic acids is 3. The number of rotatable bonds is 5. The van der Waals surface area contributed by atoms with Gasteiger partial charge < -0.3 is 10.3 Å². The van der Waals surface area contributed by atoms with E-state index in [1.165, 1.54) is 16.7 Å². The summed E-state index contributed by atoms with van der Waals surface area (Å²) in [6.45, 7) is 6.04. The first-order valence-corrected chi connectivity index (χ1v) is 11.1. The van der Waals surface area contributed by atoms with E-state index in [1.54, 1.807) is 6.07 Å². The van der Waals surface area contributed by atoms with Crippen LogP contribution in [0, 0.1) is 5.41 Å². The number of hydrogen-bond acceptors (Lipinski definition) is 4. The first-order valence-electron chi connectivity index (χ1n) is 10.2. The molecular weight excluding hydrogens is 410 g/mol. The molecule has 1 unspecified atom stereocenters. The second kappa shape index (κ2) is 8.23. The van der Waals surface area contributed by atoms with E-state index < -0.39 is 5.25 Å². The number of benzene rings is 2. The van der Waals surface area contributed by atoms with Crippen LogP contribution in [-0.4, -0.2) is 28.0 Å². The van der Waals surface area contributed by atoms with E-state index in [9.17, 15) is 14.4 Å². The van der Waals surface area contributed by atoms with E-state index in [2.05, 4.69) is 10.3 Å². The van der Waals surface area contributed by atoms with Crippen LogP contribution in [0.15, 0.2) is 59.6 Å². The molecule has 0 saturated carbocycles. The smallest absolute Gasteiger partial charge is 0.247 e. The van der Waals surface area contributed by atoms with Gasteiger partial charge in [0.25, 0.3) is 0 Å². The number of fused-ring (bicyclic) bond motifs is 1. The van der Waals surface area contributed by atoms with Gasteiger partial charge in [-0.15, -0.1) is 11.8 Å². The minimum atomic E-state index is -0.493. The Bertz CT molecular complexity index is 1160. The first-order chi connectivity index (χ1) is 14.7. The molecule has 0 bridgehead atoms. The molecule has 2 aromatic carbocycles. The van der Waals surface area contributed by atoms with Gasteiger partial charge in [-0.2, -0.15) is 0 Å². The number of H-pyrrole nitrogens is 1. The lowest BCUT2D eigenvalue weighted by molar-refractivity contribution is -0.121. The Morgan fingerprint density at radius 2 is 1.97 bits per heavy atom. The number of aromatic nitrogens is 1. The number of anilines is 2. The summed E-state index contributed by atoms with van der Waals surface area (Å²) in [5, 5.41) is 3.45. The maximum absolute atomic E-state index is 13.0. The Kier molecular flexibility index (Phi) is 5.62. The molecule has 3 amide bonds. The molecule has 6 nitrogen and oxygen atoms in total. The van der Waals surface area contributed by atoms with Crippen molar-refractivity contribution in [3.63, 3.8) is 0 Å². The number of hydrogen-bond donors (Lipinski definition) is 2. The fraction of sp³-hybridized carbons (Fsp3) is 0.292. The van der Waals surface area contributed by atoms with Crippen LogP contribution in [-0.2, 0) is 14.4 Å². The molecule has 1 aromatic heterocycles. The molecule has 0 aliphatic carbocycles. The molecule has 31 heavy (non-hydrogen) atoms. The lowest BCUT2D eigenvalue weighted by Crippen LogP contribution is -2.31.